The van der Waals surface area contributed by atoms with E-state index >= 15 is 0 Å². The van der Waals surface area contributed by atoms with Crippen molar-refractivity contribution in [3.05, 3.63) is 86.3 Å². The molecular formula is C41H53Br3N5O4+. The molecule has 1 amide bonds. The number of hydrogen-bond donors (Lipinski definition) is 2. The molecule has 0 saturated carbocycles. The van der Waals surface area contributed by atoms with Crippen LogP contribution in [0.2, 0.25) is 0 Å². The lowest BCUT2D eigenvalue weighted by atomic mass is 9.93. The van der Waals surface area contributed by atoms with Crippen LogP contribution in [0.3, 0.4) is 0 Å². The number of fused-ring (bicyclic) bond motifs is 2. The van der Waals surface area contributed by atoms with Gasteiger partial charge in [0.25, 0.3) is 0 Å². The zero-order valence-electron chi connectivity index (χ0n) is 31.7. The Bertz CT molecular complexity index is 1740. The van der Waals surface area contributed by atoms with Gasteiger partial charge in [-0.25, -0.2) is 9.78 Å². The number of alkyl halides is 1. The molecule has 0 atom stereocenters. The van der Waals surface area contributed by atoms with E-state index in [4.69, 9.17) is 9.47 Å². The number of aromatic nitrogens is 2. The summed E-state index contributed by atoms with van der Waals surface area (Å²) in [6, 6.07) is 6.83. The number of allylic oxidation sites excluding steroid dienone is 2. The van der Waals surface area contributed by atoms with Crippen LogP contribution in [0.25, 0.3) is 16.8 Å². The molecule has 3 aliphatic rings. The van der Waals surface area contributed by atoms with Crippen LogP contribution in [0.4, 0.5) is 4.79 Å². The number of pyridine rings is 2. The molecule has 0 spiro atoms. The van der Waals surface area contributed by atoms with E-state index in [0.29, 0.717) is 12.3 Å². The number of carbonyl (C=O) groups is 2. The summed E-state index contributed by atoms with van der Waals surface area (Å²) in [4.78, 5) is 34.2. The number of ether oxygens (including phenoxy) is 2. The van der Waals surface area contributed by atoms with Gasteiger partial charge >= 0.3 is 12.1 Å². The van der Waals surface area contributed by atoms with Crippen LogP contribution in [0, 0.1) is 12.0 Å². The fraction of sp³-hybridized carbons (Fsp3) is 0.512. The topological polar surface area (TPSA) is 106 Å². The van der Waals surface area contributed by atoms with Crippen molar-refractivity contribution in [2.45, 2.75) is 97.4 Å². The Kier molecular flexibility index (Phi) is 16.4. The molecule has 2 aromatic heterocycles. The predicted octanol–water partition coefficient (Wildman–Crippen LogP) is 9.55. The van der Waals surface area contributed by atoms with Gasteiger partial charge in [-0.05, 0) is 148 Å². The number of rotatable bonds is 6. The third-order valence-electron chi connectivity index (χ3n) is 8.66. The molecule has 6 rings (SSSR count). The lowest BCUT2D eigenvalue weighted by molar-refractivity contribution is -0.156. The Labute approximate surface area is 340 Å². The first kappa shape index (κ1) is 43.0. The first-order valence-corrected chi connectivity index (χ1v) is 21.0. The smallest absolute Gasteiger partial charge is 0.407 e. The summed E-state index contributed by atoms with van der Waals surface area (Å²) in [6.45, 7) is 16.3. The van der Waals surface area contributed by atoms with Crippen molar-refractivity contribution in [3.63, 3.8) is 0 Å². The second kappa shape index (κ2) is 20.3. The fourth-order valence-corrected chi connectivity index (χ4v) is 7.35. The normalized spacial score (nSPS) is 16.5. The molecule has 1 aliphatic carbocycles. The van der Waals surface area contributed by atoms with Gasteiger partial charge in [0, 0.05) is 59.0 Å². The summed E-state index contributed by atoms with van der Waals surface area (Å²) >= 11 is 10.5. The van der Waals surface area contributed by atoms with Gasteiger partial charge in [0.1, 0.15) is 17.4 Å². The molecule has 2 N–H and O–H groups in total. The Morgan fingerprint density at radius 2 is 1.58 bits per heavy atom. The molecule has 286 valence electrons. The van der Waals surface area contributed by atoms with Crippen molar-refractivity contribution in [1.29, 1.82) is 0 Å². The van der Waals surface area contributed by atoms with Gasteiger partial charge in [-0.15, -0.1) is 0 Å². The van der Waals surface area contributed by atoms with E-state index in [0.717, 1.165) is 89.2 Å². The highest BCUT2D eigenvalue weighted by atomic mass is 79.9. The van der Waals surface area contributed by atoms with Crippen molar-refractivity contribution < 1.29 is 19.1 Å². The van der Waals surface area contributed by atoms with E-state index in [1.54, 1.807) is 6.20 Å². The average molecular weight is 920 g/mol. The van der Waals surface area contributed by atoms with Crippen molar-refractivity contribution in [3.8, 4) is 0 Å². The first-order valence-electron chi connectivity index (χ1n) is 18.2. The van der Waals surface area contributed by atoms with Gasteiger partial charge in [-0.2, -0.15) is 0 Å². The first-order chi connectivity index (χ1) is 25.1. The summed E-state index contributed by atoms with van der Waals surface area (Å²) in [5.41, 5.74) is 3.94. The molecule has 0 unspecified atom stereocenters. The van der Waals surface area contributed by atoms with Gasteiger partial charge in [0.15, 0.2) is 5.56 Å². The highest BCUT2D eigenvalue weighted by molar-refractivity contribution is 9.11. The van der Waals surface area contributed by atoms with Crippen molar-refractivity contribution in [1.82, 2.24) is 25.5 Å². The van der Waals surface area contributed by atoms with E-state index < -0.39 is 11.2 Å². The maximum Gasteiger partial charge on any atom is 0.407 e. The number of halogens is 3. The largest absolute Gasteiger partial charge is 0.460 e. The molecule has 3 aromatic rings. The number of piperidine rings is 2. The van der Waals surface area contributed by atoms with E-state index in [9.17, 15) is 9.59 Å². The number of hydrogen-bond acceptors (Lipinski definition) is 8. The van der Waals surface area contributed by atoms with Crippen molar-refractivity contribution in [2.24, 2.45) is 5.92 Å². The Morgan fingerprint density at radius 1 is 0.925 bits per heavy atom. The highest BCUT2D eigenvalue weighted by Crippen LogP contribution is 2.28. The molecule has 2 aliphatic heterocycles. The molecule has 1 aromatic carbocycles. The number of benzene rings is 1. The monoisotopic (exact) mass is 916 g/mol. The van der Waals surface area contributed by atoms with E-state index in [1.165, 1.54) is 16.5 Å². The summed E-state index contributed by atoms with van der Waals surface area (Å²) in [5.74, 6) is 0.377. The summed E-state index contributed by atoms with van der Waals surface area (Å²) < 4.78 is 12.7. The average Bonchev–Trinajstić information content (AvgIpc) is 3.09. The molecule has 0 bridgehead atoms. The van der Waals surface area contributed by atoms with Crippen LogP contribution in [0.5, 0.6) is 0 Å². The van der Waals surface area contributed by atoms with E-state index in [1.807, 2.05) is 66.2 Å². The van der Waals surface area contributed by atoms with Gasteiger partial charge in [0.2, 0.25) is 0 Å². The zero-order chi connectivity index (χ0) is 38.6. The number of carbonyl (C=O) groups excluding carboxylic acids is 2. The predicted molar refractivity (Wildman–Crippen MR) is 224 cm³/mol. The Hall–Kier alpha value is -2.73. The van der Waals surface area contributed by atoms with Crippen LogP contribution in [-0.4, -0.2) is 75.7 Å². The SMILES string of the molecule is BrCC1=Cc2c(Br)cncc2[C+]=C1.CC(C)(C)OC(=O)CC1CCN(Cc2ccc3cncc(Br)c3c2)CC1.CC(C)(C)OC(=O)NC1CCNCC1. The Balaban J connectivity index is 0.000000196. The fourth-order valence-electron chi connectivity index (χ4n) is 6.12. The third-order valence-corrected chi connectivity index (χ3v) is 10.6. The van der Waals surface area contributed by atoms with Crippen LogP contribution in [-0.2, 0) is 20.8 Å². The quantitative estimate of drug-likeness (QED) is 0.143. The maximum atomic E-state index is 12.0. The van der Waals surface area contributed by atoms with Crippen molar-refractivity contribution >= 4 is 76.7 Å². The van der Waals surface area contributed by atoms with Gasteiger partial charge in [0.05, 0.1) is 27.6 Å². The van der Waals surface area contributed by atoms with Crippen LogP contribution >= 0.6 is 47.8 Å². The number of likely N-dealkylation sites (tertiary alicyclic amines) is 1. The van der Waals surface area contributed by atoms with E-state index in [2.05, 4.69) is 104 Å². The van der Waals surface area contributed by atoms with Crippen LogP contribution < -0.4 is 10.6 Å². The highest BCUT2D eigenvalue weighted by Gasteiger charge is 2.25. The minimum absolute atomic E-state index is 0.0658. The molecule has 4 heterocycles. The number of amides is 1. The van der Waals surface area contributed by atoms with Gasteiger partial charge in [-0.1, -0.05) is 28.1 Å². The molecule has 9 nitrogen and oxygen atoms in total. The lowest BCUT2D eigenvalue weighted by Crippen LogP contribution is -2.44. The molecular weight excluding hydrogens is 866 g/mol. The zero-order valence-corrected chi connectivity index (χ0v) is 36.5. The molecule has 12 heteroatoms. The third kappa shape index (κ3) is 15.1. The molecule has 0 radical (unpaired) electrons. The van der Waals surface area contributed by atoms with Crippen LogP contribution in [0.1, 0.15) is 90.3 Å². The van der Waals surface area contributed by atoms with Crippen LogP contribution in [0.15, 0.2) is 63.6 Å². The maximum absolute atomic E-state index is 12.0. The summed E-state index contributed by atoms with van der Waals surface area (Å²) in [6.07, 6.45) is 19.0. The summed E-state index contributed by atoms with van der Waals surface area (Å²) in [5, 5.41) is 9.33. The van der Waals surface area contributed by atoms with E-state index in [-0.39, 0.29) is 18.1 Å². The molecule has 53 heavy (non-hydrogen) atoms. The number of esters is 1. The van der Waals surface area contributed by atoms with Crippen molar-refractivity contribution in [2.75, 3.05) is 31.5 Å². The number of alkyl carbamates (subject to hydrolysis) is 1. The second-order valence-electron chi connectivity index (χ2n) is 15.6. The van der Waals surface area contributed by atoms with Gasteiger partial charge < -0.3 is 20.1 Å². The minimum Gasteiger partial charge on any atom is -0.460 e. The van der Waals surface area contributed by atoms with Gasteiger partial charge in [-0.3, -0.25) is 14.7 Å². The molecule has 2 fully saturated rings. The minimum atomic E-state index is -0.406. The molecule has 2 saturated heterocycles. The Morgan fingerprint density at radius 3 is 2.25 bits per heavy atom. The summed E-state index contributed by atoms with van der Waals surface area (Å²) in [7, 11) is 0. The lowest BCUT2D eigenvalue weighted by Gasteiger charge is -2.32. The standard InChI is InChI=1S/C21H27BrN2O2.C10H6Br2N.C10H20N2O2/c1-21(2,3)26-20(25)11-15-6-8-24(9-7-15)14-16-4-5-17-12-23-13-19(22)18(17)10-16;11-4-7-1-2-8-5-13-6-10(12)9(8)3-7;1-10(2,3)14-9(13)12-8-4-6-11-7-5-8/h4-5,10,12-13,15H,6-9,11,14H2,1-3H3;1,3,5-6H,4H2;8,11H,4-7H2,1-3H3,(H,12,13)/q;+1;. The second-order valence-corrected chi connectivity index (χ2v) is 17.9. The number of nitrogens with one attached hydrogen (secondary N) is 2. The number of nitrogens with zero attached hydrogens (tertiary/aromatic N) is 3.